The highest BCUT2D eigenvalue weighted by Crippen LogP contribution is 2.43. The SMILES string of the molecule is Cc1cc([C@@H]2[C@@H](c3ccccn3)NC(=S)N2c2ccc(Oc3ccccc3)cc2)c(C)n1Cc1ccccc1. The fraction of sp³-hybridized carbons (Fsp3) is 0.152. The van der Waals surface area contributed by atoms with E-state index >= 15 is 0 Å². The van der Waals surface area contributed by atoms with Crippen LogP contribution in [0.5, 0.6) is 11.5 Å². The topological polar surface area (TPSA) is 42.3 Å². The number of hydrogen-bond acceptors (Lipinski definition) is 3. The molecule has 6 heteroatoms. The van der Waals surface area contributed by atoms with Crippen LogP contribution in [0.25, 0.3) is 0 Å². The summed E-state index contributed by atoms with van der Waals surface area (Å²) in [5, 5.41) is 4.26. The van der Waals surface area contributed by atoms with E-state index in [-0.39, 0.29) is 12.1 Å². The van der Waals surface area contributed by atoms with Crippen LogP contribution in [-0.4, -0.2) is 14.7 Å². The first-order valence-electron chi connectivity index (χ1n) is 13.1. The maximum atomic E-state index is 6.04. The third-order valence-electron chi connectivity index (χ3n) is 7.31. The van der Waals surface area contributed by atoms with E-state index in [4.69, 9.17) is 21.9 Å². The molecule has 1 saturated heterocycles. The molecule has 5 aromatic rings. The van der Waals surface area contributed by atoms with E-state index in [1.54, 1.807) is 0 Å². The van der Waals surface area contributed by atoms with Crippen LogP contribution >= 0.6 is 12.2 Å². The zero-order valence-electron chi connectivity index (χ0n) is 22.0. The number of ether oxygens (including phenoxy) is 1. The Balaban J connectivity index is 1.38. The number of thiocarbonyl (C=S) groups is 1. The van der Waals surface area contributed by atoms with Crippen LogP contribution in [0, 0.1) is 13.8 Å². The van der Waals surface area contributed by atoms with Crippen molar-refractivity contribution < 1.29 is 4.74 Å². The van der Waals surface area contributed by atoms with Crippen molar-refractivity contribution in [1.82, 2.24) is 14.9 Å². The molecule has 0 unspecified atom stereocenters. The molecule has 0 radical (unpaired) electrons. The largest absolute Gasteiger partial charge is 0.457 e. The molecule has 2 atom stereocenters. The third kappa shape index (κ3) is 5.03. The van der Waals surface area contributed by atoms with Crippen molar-refractivity contribution in [3.05, 3.63) is 144 Å². The fourth-order valence-corrected chi connectivity index (χ4v) is 5.73. The number of rotatable bonds is 7. The molecule has 5 nitrogen and oxygen atoms in total. The molecule has 1 fully saturated rings. The molecule has 39 heavy (non-hydrogen) atoms. The molecule has 0 bridgehead atoms. The maximum Gasteiger partial charge on any atom is 0.174 e. The molecule has 194 valence electrons. The van der Waals surface area contributed by atoms with E-state index < -0.39 is 0 Å². The summed E-state index contributed by atoms with van der Waals surface area (Å²) in [7, 11) is 0. The number of nitrogens with one attached hydrogen (secondary N) is 1. The van der Waals surface area contributed by atoms with Crippen molar-refractivity contribution in [3.63, 3.8) is 0 Å². The Bertz CT molecular complexity index is 1570. The summed E-state index contributed by atoms with van der Waals surface area (Å²) >= 11 is 5.95. The average molecular weight is 531 g/mol. The summed E-state index contributed by atoms with van der Waals surface area (Å²) in [5.74, 6) is 1.59. The normalized spacial score (nSPS) is 16.8. The Morgan fingerprint density at radius 1 is 0.821 bits per heavy atom. The molecule has 0 aliphatic carbocycles. The molecule has 1 aliphatic rings. The molecule has 2 aromatic heterocycles. The van der Waals surface area contributed by atoms with Gasteiger partial charge in [0.1, 0.15) is 11.5 Å². The second-order valence-electron chi connectivity index (χ2n) is 9.80. The number of para-hydroxylation sites is 1. The van der Waals surface area contributed by atoms with E-state index in [0.717, 1.165) is 29.4 Å². The van der Waals surface area contributed by atoms with E-state index in [2.05, 4.69) is 83.2 Å². The minimum Gasteiger partial charge on any atom is -0.457 e. The molecule has 1 N–H and O–H groups in total. The van der Waals surface area contributed by atoms with Crippen molar-refractivity contribution in [2.24, 2.45) is 0 Å². The third-order valence-corrected chi connectivity index (χ3v) is 7.62. The van der Waals surface area contributed by atoms with E-state index in [1.165, 1.54) is 22.5 Å². The smallest absolute Gasteiger partial charge is 0.174 e. The minimum atomic E-state index is -0.0929. The van der Waals surface area contributed by atoms with Gasteiger partial charge in [-0.1, -0.05) is 54.6 Å². The van der Waals surface area contributed by atoms with E-state index in [1.807, 2.05) is 60.8 Å². The van der Waals surface area contributed by atoms with Crippen LogP contribution in [0.1, 0.15) is 40.3 Å². The summed E-state index contributed by atoms with van der Waals surface area (Å²) in [6.45, 7) is 5.20. The molecule has 0 saturated carbocycles. The summed E-state index contributed by atoms with van der Waals surface area (Å²) in [6, 6.07) is 36.7. The second kappa shape index (κ2) is 10.8. The quantitative estimate of drug-likeness (QED) is 0.221. The van der Waals surface area contributed by atoms with Gasteiger partial charge in [0.05, 0.1) is 17.8 Å². The van der Waals surface area contributed by atoms with E-state index in [9.17, 15) is 0 Å². The average Bonchev–Trinajstić information content (AvgIpc) is 3.46. The highest BCUT2D eigenvalue weighted by molar-refractivity contribution is 7.80. The summed E-state index contributed by atoms with van der Waals surface area (Å²) in [6.07, 6.45) is 1.84. The van der Waals surface area contributed by atoms with Crippen LogP contribution in [0.2, 0.25) is 0 Å². The Morgan fingerprint density at radius 3 is 2.18 bits per heavy atom. The lowest BCUT2D eigenvalue weighted by Crippen LogP contribution is -2.29. The predicted octanol–water partition coefficient (Wildman–Crippen LogP) is 7.52. The Morgan fingerprint density at radius 2 is 1.49 bits per heavy atom. The van der Waals surface area contributed by atoms with Gasteiger partial charge in [-0.05, 0) is 91.8 Å². The number of aromatic nitrogens is 2. The van der Waals surface area contributed by atoms with Crippen LogP contribution < -0.4 is 15.0 Å². The summed E-state index contributed by atoms with van der Waals surface area (Å²) in [5.41, 5.74) is 6.92. The highest BCUT2D eigenvalue weighted by atomic mass is 32.1. The van der Waals surface area contributed by atoms with E-state index in [0.29, 0.717) is 5.11 Å². The fourth-order valence-electron chi connectivity index (χ4n) is 5.38. The monoisotopic (exact) mass is 530 g/mol. The summed E-state index contributed by atoms with van der Waals surface area (Å²) < 4.78 is 8.42. The molecule has 3 aromatic carbocycles. The van der Waals surface area contributed by atoms with Crippen molar-refractivity contribution in [1.29, 1.82) is 0 Å². The van der Waals surface area contributed by atoms with Crippen LogP contribution in [0.4, 0.5) is 5.69 Å². The Kier molecular flexibility index (Phi) is 6.86. The Hall–Kier alpha value is -4.42. The minimum absolute atomic E-state index is 0.0657. The Labute approximate surface area is 234 Å². The number of aryl methyl sites for hydroxylation is 1. The van der Waals surface area contributed by atoms with Crippen LogP contribution in [0.15, 0.2) is 115 Å². The molecule has 0 amide bonds. The van der Waals surface area contributed by atoms with Gasteiger partial charge in [-0.25, -0.2) is 0 Å². The molecule has 6 rings (SSSR count). The lowest BCUT2D eigenvalue weighted by Gasteiger charge is -2.28. The number of pyridine rings is 1. The molecule has 0 spiro atoms. The first-order chi connectivity index (χ1) is 19.1. The maximum absolute atomic E-state index is 6.04. The van der Waals surface area contributed by atoms with Crippen molar-refractivity contribution in [3.8, 4) is 11.5 Å². The van der Waals surface area contributed by atoms with Crippen LogP contribution in [0.3, 0.4) is 0 Å². The van der Waals surface area contributed by atoms with Gasteiger partial charge in [0.25, 0.3) is 0 Å². The second-order valence-corrected chi connectivity index (χ2v) is 10.2. The van der Waals surface area contributed by atoms with Crippen molar-refractivity contribution in [2.75, 3.05) is 4.90 Å². The first-order valence-corrected chi connectivity index (χ1v) is 13.5. The van der Waals surface area contributed by atoms with Crippen LogP contribution in [-0.2, 0) is 6.54 Å². The lowest BCUT2D eigenvalue weighted by atomic mass is 9.96. The zero-order chi connectivity index (χ0) is 26.8. The number of anilines is 1. The van der Waals surface area contributed by atoms with Gasteiger partial charge < -0.3 is 19.5 Å². The number of hydrogen-bond donors (Lipinski definition) is 1. The van der Waals surface area contributed by atoms with Gasteiger partial charge in [0.2, 0.25) is 0 Å². The highest BCUT2D eigenvalue weighted by Gasteiger charge is 2.42. The van der Waals surface area contributed by atoms with Gasteiger partial charge >= 0.3 is 0 Å². The standard InChI is InChI=1S/C33H30N4OS/c1-23-21-29(24(2)36(23)22-25-11-5-3-6-12-25)32-31(30-15-9-10-20-34-30)35-33(39)37(32)26-16-18-28(19-17-26)38-27-13-7-4-8-14-27/h3-21,31-32H,22H2,1-2H3,(H,35,39)/t31-,32-/m1/s1. The summed E-state index contributed by atoms with van der Waals surface area (Å²) in [4.78, 5) is 6.93. The van der Waals surface area contributed by atoms with Gasteiger partial charge in [-0.3, -0.25) is 4.98 Å². The van der Waals surface area contributed by atoms with Crippen molar-refractivity contribution >= 4 is 23.0 Å². The van der Waals surface area contributed by atoms with Gasteiger partial charge in [0.15, 0.2) is 5.11 Å². The van der Waals surface area contributed by atoms with Crippen molar-refractivity contribution in [2.45, 2.75) is 32.5 Å². The molecular weight excluding hydrogens is 500 g/mol. The zero-order valence-corrected chi connectivity index (χ0v) is 22.8. The predicted molar refractivity (Wildman–Crippen MR) is 160 cm³/mol. The van der Waals surface area contributed by atoms with Gasteiger partial charge in [-0.2, -0.15) is 0 Å². The number of nitrogens with zero attached hydrogens (tertiary/aromatic N) is 3. The lowest BCUT2D eigenvalue weighted by molar-refractivity contribution is 0.482. The first kappa shape index (κ1) is 24.9. The molecule has 3 heterocycles. The van der Waals surface area contributed by atoms with Gasteiger partial charge in [0, 0.05) is 29.8 Å². The van der Waals surface area contributed by atoms with Gasteiger partial charge in [-0.15, -0.1) is 0 Å². The molecule has 1 aliphatic heterocycles. The molecular formula is C33H30N4OS. The number of benzene rings is 3.